The summed E-state index contributed by atoms with van der Waals surface area (Å²) >= 11 is 1.29. The average molecular weight is 241 g/mol. The maximum Gasteiger partial charge on any atom is 0.346 e. The number of carboxylic acids is 1. The minimum absolute atomic E-state index is 0.456. The predicted octanol–water partition coefficient (Wildman–Crippen LogP) is 2.97. The van der Waals surface area contributed by atoms with Crippen molar-refractivity contribution >= 4 is 17.3 Å². The molecular formula is C12H19NO2S. The smallest absolute Gasteiger partial charge is 0.346 e. The van der Waals surface area contributed by atoms with Crippen molar-refractivity contribution in [2.45, 2.75) is 33.2 Å². The molecule has 0 aliphatic heterocycles. The fourth-order valence-electron chi connectivity index (χ4n) is 1.65. The second-order valence-electron chi connectivity index (χ2n) is 3.89. The standard InChI is InChI=1S/C12H19NO2S/c1-3-9(4-2)7-13-8-10-5-6-16-11(10)12(14)15/h5-6,9,13H,3-4,7-8H2,1-2H3,(H,14,15). The summed E-state index contributed by atoms with van der Waals surface area (Å²) in [5, 5.41) is 14.1. The van der Waals surface area contributed by atoms with E-state index in [4.69, 9.17) is 5.11 Å². The third kappa shape index (κ3) is 3.61. The second-order valence-corrected chi connectivity index (χ2v) is 4.81. The molecule has 0 saturated carbocycles. The first-order valence-corrected chi connectivity index (χ1v) is 6.57. The quantitative estimate of drug-likeness (QED) is 0.771. The number of hydrogen-bond donors (Lipinski definition) is 2. The van der Waals surface area contributed by atoms with E-state index >= 15 is 0 Å². The molecular weight excluding hydrogens is 222 g/mol. The summed E-state index contributed by atoms with van der Waals surface area (Å²) in [6.07, 6.45) is 2.33. The van der Waals surface area contributed by atoms with E-state index in [-0.39, 0.29) is 0 Å². The average Bonchev–Trinajstić information content (AvgIpc) is 2.72. The van der Waals surface area contributed by atoms with Crippen molar-refractivity contribution in [1.29, 1.82) is 0 Å². The van der Waals surface area contributed by atoms with Gasteiger partial charge in [-0.3, -0.25) is 0 Å². The molecule has 90 valence electrons. The van der Waals surface area contributed by atoms with Gasteiger partial charge in [-0.2, -0.15) is 0 Å². The van der Waals surface area contributed by atoms with Gasteiger partial charge in [0.05, 0.1) is 0 Å². The van der Waals surface area contributed by atoms with Crippen molar-refractivity contribution in [2.75, 3.05) is 6.54 Å². The fourth-order valence-corrected chi connectivity index (χ4v) is 2.41. The summed E-state index contributed by atoms with van der Waals surface area (Å²) in [5.74, 6) is -0.138. The Bertz CT molecular complexity index is 332. The minimum atomic E-state index is -0.825. The Morgan fingerprint density at radius 1 is 1.50 bits per heavy atom. The van der Waals surface area contributed by atoms with Crippen molar-refractivity contribution < 1.29 is 9.90 Å². The maximum absolute atomic E-state index is 10.9. The third-order valence-corrected chi connectivity index (χ3v) is 3.79. The number of carbonyl (C=O) groups is 1. The van der Waals surface area contributed by atoms with Crippen LogP contribution in [-0.2, 0) is 6.54 Å². The molecule has 0 fully saturated rings. The van der Waals surface area contributed by atoms with Crippen LogP contribution in [0.15, 0.2) is 11.4 Å². The van der Waals surface area contributed by atoms with Crippen LogP contribution in [0.3, 0.4) is 0 Å². The number of hydrogen-bond acceptors (Lipinski definition) is 3. The highest BCUT2D eigenvalue weighted by Gasteiger charge is 2.11. The van der Waals surface area contributed by atoms with E-state index in [1.54, 1.807) is 0 Å². The first kappa shape index (κ1) is 13.2. The number of nitrogens with one attached hydrogen (secondary N) is 1. The van der Waals surface area contributed by atoms with Gasteiger partial charge < -0.3 is 10.4 Å². The summed E-state index contributed by atoms with van der Waals surface area (Å²) in [5.41, 5.74) is 0.892. The lowest BCUT2D eigenvalue weighted by Gasteiger charge is -2.12. The van der Waals surface area contributed by atoms with Crippen molar-refractivity contribution in [1.82, 2.24) is 5.32 Å². The van der Waals surface area contributed by atoms with E-state index in [2.05, 4.69) is 19.2 Å². The summed E-state index contributed by atoms with van der Waals surface area (Å²) in [4.78, 5) is 11.3. The molecule has 1 aromatic rings. The lowest BCUT2D eigenvalue weighted by Crippen LogP contribution is -2.22. The molecule has 0 saturated heterocycles. The Balaban J connectivity index is 2.42. The van der Waals surface area contributed by atoms with Gasteiger partial charge >= 0.3 is 5.97 Å². The van der Waals surface area contributed by atoms with E-state index in [9.17, 15) is 4.79 Å². The van der Waals surface area contributed by atoms with Gasteiger partial charge in [0, 0.05) is 6.54 Å². The fraction of sp³-hybridized carbons (Fsp3) is 0.583. The van der Waals surface area contributed by atoms with E-state index in [1.165, 1.54) is 24.2 Å². The van der Waals surface area contributed by atoms with Crippen LogP contribution >= 0.6 is 11.3 Å². The molecule has 2 N–H and O–H groups in total. The highest BCUT2D eigenvalue weighted by atomic mass is 32.1. The Morgan fingerprint density at radius 3 is 2.75 bits per heavy atom. The van der Waals surface area contributed by atoms with Gasteiger partial charge in [-0.15, -0.1) is 11.3 Å². The monoisotopic (exact) mass is 241 g/mol. The minimum Gasteiger partial charge on any atom is -0.477 e. The first-order valence-electron chi connectivity index (χ1n) is 5.69. The summed E-state index contributed by atoms with van der Waals surface area (Å²) in [6, 6.07) is 1.88. The number of rotatable bonds is 7. The Kier molecular flexibility index (Phi) is 5.49. The lowest BCUT2D eigenvalue weighted by molar-refractivity contribution is 0.0701. The van der Waals surface area contributed by atoms with Crippen molar-refractivity contribution in [3.05, 3.63) is 21.9 Å². The topological polar surface area (TPSA) is 49.3 Å². The summed E-state index contributed by atoms with van der Waals surface area (Å²) < 4.78 is 0. The number of thiophene rings is 1. The normalized spacial score (nSPS) is 10.9. The van der Waals surface area contributed by atoms with E-state index in [0.29, 0.717) is 17.3 Å². The zero-order chi connectivity index (χ0) is 12.0. The van der Waals surface area contributed by atoms with Crippen molar-refractivity contribution in [3.8, 4) is 0 Å². The zero-order valence-electron chi connectivity index (χ0n) is 9.82. The molecule has 0 aromatic carbocycles. The largest absolute Gasteiger partial charge is 0.477 e. The van der Waals surface area contributed by atoms with Gasteiger partial charge in [0.15, 0.2) is 0 Å². The van der Waals surface area contributed by atoms with Crippen LogP contribution in [0.5, 0.6) is 0 Å². The highest BCUT2D eigenvalue weighted by Crippen LogP contribution is 2.16. The molecule has 0 radical (unpaired) electrons. The summed E-state index contributed by atoms with van der Waals surface area (Å²) in [7, 11) is 0. The van der Waals surface area contributed by atoms with Gasteiger partial charge in [0.25, 0.3) is 0 Å². The van der Waals surface area contributed by atoms with Gasteiger partial charge in [0.1, 0.15) is 4.88 Å². The van der Waals surface area contributed by atoms with Gasteiger partial charge in [-0.25, -0.2) is 4.79 Å². The second kappa shape index (κ2) is 6.66. The first-order chi connectivity index (χ1) is 7.69. The van der Waals surface area contributed by atoms with Gasteiger partial charge in [-0.05, 0) is 29.5 Å². The molecule has 1 aromatic heterocycles. The van der Waals surface area contributed by atoms with E-state index in [1.807, 2.05) is 11.4 Å². The number of aromatic carboxylic acids is 1. The van der Waals surface area contributed by atoms with Crippen LogP contribution in [0.1, 0.15) is 41.9 Å². The molecule has 1 rings (SSSR count). The van der Waals surface area contributed by atoms with Crippen LogP contribution in [-0.4, -0.2) is 17.6 Å². The molecule has 0 aliphatic carbocycles. The molecule has 0 aliphatic rings. The molecule has 3 nitrogen and oxygen atoms in total. The zero-order valence-corrected chi connectivity index (χ0v) is 10.6. The maximum atomic E-state index is 10.9. The molecule has 1 heterocycles. The Labute approximate surface area is 100 Å². The third-order valence-electron chi connectivity index (χ3n) is 2.84. The van der Waals surface area contributed by atoms with Crippen LogP contribution in [0.2, 0.25) is 0 Å². The summed E-state index contributed by atoms with van der Waals surface area (Å²) in [6.45, 7) is 5.98. The highest BCUT2D eigenvalue weighted by molar-refractivity contribution is 7.12. The van der Waals surface area contributed by atoms with Crippen molar-refractivity contribution in [2.24, 2.45) is 5.92 Å². The van der Waals surface area contributed by atoms with E-state index in [0.717, 1.165) is 12.1 Å². The van der Waals surface area contributed by atoms with Gasteiger partial charge in [0.2, 0.25) is 0 Å². The van der Waals surface area contributed by atoms with Crippen LogP contribution in [0.25, 0.3) is 0 Å². The van der Waals surface area contributed by atoms with Crippen LogP contribution < -0.4 is 5.32 Å². The molecule has 0 unspecified atom stereocenters. The molecule has 0 bridgehead atoms. The molecule has 0 atom stereocenters. The lowest BCUT2D eigenvalue weighted by atomic mass is 10.0. The van der Waals surface area contributed by atoms with Gasteiger partial charge in [-0.1, -0.05) is 26.7 Å². The van der Waals surface area contributed by atoms with Crippen molar-refractivity contribution in [3.63, 3.8) is 0 Å². The SMILES string of the molecule is CCC(CC)CNCc1ccsc1C(=O)O. The van der Waals surface area contributed by atoms with E-state index < -0.39 is 5.97 Å². The number of carboxylic acid groups (broad SMARTS) is 1. The van der Waals surface area contributed by atoms with Crippen LogP contribution in [0, 0.1) is 5.92 Å². The van der Waals surface area contributed by atoms with Crippen LogP contribution in [0.4, 0.5) is 0 Å². The molecule has 4 heteroatoms. The molecule has 0 amide bonds. The Morgan fingerprint density at radius 2 is 2.19 bits per heavy atom. The molecule has 16 heavy (non-hydrogen) atoms. The predicted molar refractivity (Wildman–Crippen MR) is 67.1 cm³/mol. The molecule has 0 spiro atoms. The Hall–Kier alpha value is -0.870.